The van der Waals surface area contributed by atoms with Crippen LogP contribution in [0.25, 0.3) is 0 Å². The molecule has 0 aromatic rings. The average molecular weight is 483 g/mol. The molecule has 2 saturated heterocycles. The Balaban J connectivity index is 1.40. The minimum absolute atomic E-state index is 0.0516. The van der Waals surface area contributed by atoms with Gasteiger partial charge in [-0.3, -0.25) is 9.59 Å². The van der Waals surface area contributed by atoms with Gasteiger partial charge in [0.15, 0.2) is 8.87 Å². The summed E-state index contributed by atoms with van der Waals surface area (Å²) in [6.07, 6.45) is 4.34. The van der Waals surface area contributed by atoms with Gasteiger partial charge < -0.3 is 26.0 Å². The summed E-state index contributed by atoms with van der Waals surface area (Å²) in [5, 5.41) is 11.5. The van der Waals surface area contributed by atoms with Crippen molar-refractivity contribution in [2.75, 3.05) is 37.6 Å². The molecule has 10 nitrogen and oxygen atoms in total. The summed E-state index contributed by atoms with van der Waals surface area (Å²) in [6, 6.07) is 0.333. The van der Waals surface area contributed by atoms with Crippen molar-refractivity contribution in [1.82, 2.24) is 21.3 Å². The predicted molar refractivity (Wildman–Crippen MR) is 118 cm³/mol. The van der Waals surface area contributed by atoms with E-state index < -0.39 is 8.87 Å². The van der Waals surface area contributed by atoms with Gasteiger partial charge in [0.2, 0.25) is 11.8 Å². The summed E-state index contributed by atoms with van der Waals surface area (Å²) >= 11 is 1.87. The Morgan fingerprint density at radius 2 is 1.97 bits per heavy atom. The Morgan fingerprint density at radius 1 is 1.20 bits per heavy atom. The first-order chi connectivity index (χ1) is 14.2. The quantitative estimate of drug-likeness (QED) is 0.117. The Hall–Kier alpha value is -1.18. The molecule has 0 aliphatic carbocycles. The van der Waals surface area contributed by atoms with Crippen LogP contribution in [0.15, 0.2) is 0 Å². The van der Waals surface area contributed by atoms with E-state index in [1.165, 1.54) is 0 Å². The van der Waals surface area contributed by atoms with E-state index in [2.05, 4.69) is 21.3 Å². The molecule has 0 aromatic carbocycles. The molecule has 13 heteroatoms. The second-order valence-corrected chi connectivity index (χ2v) is 13.0. The largest absolute Gasteiger partial charge is 0.361 e. The van der Waals surface area contributed by atoms with E-state index in [1.807, 2.05) is 11.8 Å². The van der Waals surface area contributed by atoms with Crippen LogP contribution >= 0.6 is 22.6 Å². The number of hydrogen-bond donors (Lipinski definition) is 4. The number of carbonyl (C=O) groups is 3. The lowest BCUT2D eigenvalue weighted by Gasteiger charge is -2.16. The van der Waals surface area contributed by atoms with Gasteiger partial charge in [-0.25, -0.2) is 13.2 Å². The molecule has 2 fully saturated rings. The smallest absolute Gasteiger partial charge is 0.315 e. The van der Waals surface area contributed by atoms with Crippen molar-refractivity contribution in [3.8, 4) is 0 Å². The second-order valence-electron chi connectivity index (χ2n) is 7.15. The number of fused-ring (bicyclic) bond motifs is 1. The van der Waals surface area contributed by atoms with Crippen molar-refractivity contribution in [3.63, 3.8) is 0 Å². The minimum atomic E-state index is -3.09. The lowest BCUT2D eigenvalue weighted by molar-refractivity contribution is -0.123. The number of unbranched alkanes of at least 4 members (excludes halogenated alkanes) is 1. The zero-order valence-corrected chi connectivity index (χ0v) is 19.4. The van der Waals surface area contributed by atoms with E-state index in [1.54, 1.807) is 0 Å². The van der Waals surface area contributed by atoms with Crippen LogP contribution in [0.4, 0.5) is 4.79 Å². The molecule has 4 amide bonds. The fourth-order valence-electron chi connectivity index (χ4n) is 3.20. The Kier molecular flexibility index (Phi) is 10.6. The number of rotatable bonds is 14. The lowest BCUT2D eigenvalue weighted by atomic mass is 10.0. The van der Waals surface area contributed by atoms with Crippen LogP contribution in [0.1, 0.15) is 32.1 Å². The molecule has 2 aliphatic heterocycles. The molecule has 2 rings (SSSR count). The third-order valence-corrected chi connectivity index (χ3v) is 8.74. The van der Waals surface area contributed by atoms with Crippen molar-refractivity contribution < 1.29 is 27.5 Å². The Labute approximate surface area is 185 Å². The van der Waals surface area contributed by atoms with E-state index in [0.717, 1.165) is 42.1 Å². The third-order valence-electron chi connectivity index (χ3n) is 4.65. The summed E-state index contributed by atoms with van der Waals surface area (Å²) in [6.45, 7) is 0.499. The molecule has 0 radical (unpaired) electrons. The van der Waals surface area contributed by atoms with Gasteiger partial charge in [0, 0.05) is 36.0 Å². The number of amides is 4. The van der Waals surface area contributed by atoms with Crippen LogP contribution < -0.4 is 21.3 Å². The zero-order chi connectivity index (χ0) is 22.0. The minimum Gasteiger partial charge on any atom is -0.361 e. The Bertz CT molecular complexity index is 706. The summed E-state index contributed by atoms with van der Waals surface area (Å²) in [5.41, 5.74) is 0. The van der Waals surface area contributed by atoms with Crippen molar-refractivity contribution in [1.29, 1.82) is 0 Å². The maximum atomic E-state index is 11.8. The molecule has 0 aromatic heterocycles. The SMILES string of the molecule is CS(=O)(=O)SCCNC(=O)CCOCNC(=O)CCCC[C@@H]1SCC2NC(=O)NC21. The van der Waals surface area contributed by atoms with E-state index >= 15 is 0 Å². The van der Waals surface area contributed by atoms with Gasteiger partial charge in [-0.05, 0) is 23.6 Å². The van der Waals surface area contributed by atoms with Crippen molar-refractivity contribution in [2.45, 2.75) is 49.4 Å². The van der Waals surface area contributed by atoms with Gasteiger partial charge >= 0.3 is 6.03 Å². The van der Waals surface area contributed by atoms with Crippen LogP contribution in [0.3, 0.4) is 0 Å². The normalized spacial score (nSPS) is 22.8. The number of ether oxygens (including phenoxy) is 1. The van der Waals surface area contributed by atoms with Crippen LogP contribution in [-0.2, 0) is 23.2 Å². The average Bonchev–Trinajstić information content (AvgIpc) is 3.21. The fraction of sp³-hybridized carbons (Fsp3) is 0.824. The Morgan fingerprint density at radius 3 is 2.73 bits per heavy atom. The van der Waals surface area contributed by atoms with E-state index in [-0.39, 0.29) is 56.2 Å². The topological polar surface area (TPSA) is 143 Å². The standard InChI is InChI=1S/C17H30N4O6S3/c1-30(25,26)29-9-7-18-15(23)6-8-27-11-19-14(22)5-3-2-4-13-16-12(10-28-13)20-17(24)21-16/h12-13,16H,2-11H2,1H3,(H,18,23)(H,19,22)(H2,20,21,24)/t12?,13-,16?/m0/s1. The van der Waals surface area contributed by atoms with Crippen LogP contribution in [-0.4, -0.2) is 81.2 Å². The third kappa shape index (κ3) is 9.75. The van der Waals surface area contributed by atoms with Crippen LogP contribution in [0.2, 0.25) is 0 Å². The summed E-state index contributed by atoms with van der Waals surface area (Å²) in [7, 11) is -2.30. The van der Waals surface area contributed by atoms with Gasteiger partial charge in [-0.1, -0.05) is 6.42 Å². The number of nitrogens with one attached hydrogen (secondary N) is 4. The highest BCUT2D eigenvalue weighted by Gasteiger charge is 2.42. The van der Waals surface area contributed by atoms with Gasteiger partial charge in [0.05, 0.1) is 25.1 Å². The van der Waals surface area contributed by atoms with Crippen molar-refractivity contribution in [2.24, 2.45) is 0 Å². The molecule has 0 spiro atoms. The molecule has 2 unspecified atom stereocenters. The van der Waals surface area contributed by atoms with Crippen LogP contribution in [0.5, 0.6) is 0 Å². The first-order valence-electron chi connectivity index (χ1n) is 9.89. The molecule has 172 valence electrons. The molecule has 2 heterocycles. The zero-order valence-electron chi connectivity index (χ0n) is 17.0. The van der Waals surface area contributed by atoms with Gasteiger partial charge in [0.25, 0.3) is 0 Å². The van der Waals surface area contributed by atoms with Crippen LogP contribution in [0, 0.1) is 0 Å². The maximum absolute atomic E-state index is 11.8. The first kappa shape index (κ1) is 25.1. The molecular weight excluding hydrogens is 452 g/mol. The number of urea groups is 1. The first-order valence-corrected chi connectivity index (χ1v) is 14.3. The molecule has 0 saturated carbocycles. The molecule has 3 atom stereocenters. The fourth-order valence-corrected chi connectivity index (χ4v) is 6.39. The number of hydrogen-bond acceptors (Lipinski definition) is 8. The molecule has 4 N–H and O–H groups in total. The summed E-state index contributed by atoms with van der Waals surface area (Å²) < 4.78 is 27.1. The molecule has 0 bridgehead atoms. The lowest BCUT2D eigenvalue weighted by Crippen LogP contribution is -2.36. The van der Waals surface area contributed by atoms with E-state index in [0.29, 0.717) is 17.4 Å². The van der Waals surface area contributed by atoms with Gasteiger partial charge in [-0.2, -0.15) is 11.8 Å². The summed E-state index contributed by atoms with van der Waals surface area (Å²) in [4.78, 5) is 34.8. The number of thioether (sulfide) groups is 1. The summed E-state index contributed by atoms with van der Waals surface area (Å²) in [5.74, 6) is 0.915. The van der Waals surface area contributed by atoms with Crippen molar-refractivity contribution in [3.05, 3.63) is 0 Å². The number of carbonyl (C=O) groups excluding carboxylic acids is 3. The predicted octanol–water partition coefficient (Wildman–Crippen LogP) is 0.00160. The monoisotopic (exact) mass is 482 g/mol. The van der Waals surface area contributed by atoms with E-state index in [4.69, 9.17) is 4.74 Å². The maximum Gasteiger partial charge on any atom is 0.315 e. The van der Waals surface area contributed by atoms with Gasteiger partial charge in [0.1, 0.15) is 6.73 Å². The molecular formula is C17H30N4O6S3. The van der Waals surface area contributed by atoms with Gasteiger partial charge in [-0.15, -0.1) is 0 Å². The second kappa shape index (κ2) is 12.6. The molecule has 30 heavy (non-hydrogen) atoms. The molecule has 2 aliphatic rings. The highest BCUT2D eigenvalue weighted by molar-refractivity contribution is 8.71. The highest BCUT2D eigenvalue weighted by Crippen LogP contribution is 2.33. The van der Waals surface area contributed by atoms with Crippen molar-refractivity contribution >= 4 is 49.3 Å². The highest BCUT2D eigenvalue weighted by atomic mass is 33.1. The van der Waals surface area contributed by atoms with E-state index in [9.17, 15) is 22.8 Å².